The zero-order valence-corrected chi connectivity index (χ0v) is 13.6. The lowest BCUT2D eigenvalue weighted by Crippen LogP contribution is -2.19. The Balaban J connectivity index is 2.51. The molecule has 0 saturated heterocycles. The topological polar surface area (TPSA) is 44.5 Å². The van der Waals surface area contributed by atoms with E-state index in [0.29, 0.717) is 19.1 Å². The number of rotatable bonds is 8. The Labute approximate surface area is 124 Å². The maximum absolute atomic E-state index is 5.86. The van der Waals surface area contributed by atoms with Crippen molar-refractivity contribution >= 4 is 15.9 Å². The molecule has 1 aromatic carbocycles. The minimum absolute atomic E-state index is 0.119. The molecule has 0 saturated carbocycles. The Hall–Kier alpha value is -0.580. The van der Waals surface area contributed by atoms with Gasteiger partial charge >= 0.3 is 0 Å². The molecular weight excluding hydrogens is 306 g/mol. The van der Waals surface area contributed by atoms with Gasteiger partial charge in [-0.2, -0.15) is 0 Å². The third-order valence-electron chi connectivity index (χ3n) is 2.52. The summed E-state index contributed by atoms with van der Waals surface area (Å²) in [4.78, 5) is 0. The van der Waals surface area contributed by atoms with E-state index in [0.717, 1.165) is 28.8 Å². The molecule has 0 fully saturated rings. The van der Waals surface area contributed by atoms with Crippen LogP contribution in [-0.4, -0.2) is 25.9 Å². The Morgan fingerprint density at radius 3 is 2.58 bits per heavy atom. The van der Waals surface area contributed by atoms with Gasteiger partial charge < -0.3 is 15.2 Å². The van der Waals surface area contributed by atoms with Crippen LogP contribution >= 0.6 is 15.9 Å². The molecular formula is C15H24BrNO2. The molecule has 4 heteroatoms. The van der Waals surface area contributed by atoms with Crippen LogP contribution in [0.25, 0.3) is 0 Å². The standard InChI is InChI=1S/C15H24BrNO2/c1-11(2)10-18-7-8-19-15-13(9-12(3)17)5-4-6-14(15)16/h4-6,11-12H,7-10,17H2,1-3H3. The minimum Gasteiger partial charge on any atom is -0.490 e. The van der Waals surface area contributed by atoms with Gasteiger partial charge in [-0.3, -0.25) is 0 Å². The van der Waals surface area contributed by atoms with Gasteiger partial charge in [-0.15, -0.1) is 0 Å². The van der Waals surface area contributed by atoms with Gasteiger partial charge in [-0.1, -0.05) is 26.0 Å². The summed E-state index contributed by atoms with van der Waals surface area (Å²) < 4.78 is 12.3. The smallest absolute Gasteiger partial charge is 0.136 e. The molecule has 0 aliphatic heterocycles. The van der Waals surface area contributed by atoms with E-state index in [2.05, 4.69) is 35.8 Å². The predicted molar refractivity (Wildman–Crippen MR) is 82.6 cm³/mol. The second kappa shape index (κ2) is 8.56. The zero-order valence-electron chi connectivity index (χ0n) is 12.0. The summed E-state index contributed by atoms with van der Waals surface area (Å²) in [5, 5.41) is 0. The van der Waals surface area contributed by atoms with Crippen LogP contribution in [0, 0.1) is 5.92 Å². The van der Waals surface area contributed by atoms with Crippen LogP contribution in [0.2, 0.25) is 0 Å². The summed E-state index contributed by atoms with van der Waals surface area (Å²) in [5.74, 6) is 1.44. The molecule has 0 amide bonds. The second-order valence-electron chi connectivity index (χ2n) is 5.23. The molecule has 108 valence electrons. The van der Waals surface area contributed by atoms with E-state index < -0.39 is 0 Å². The summed E-state index contributed by atoms with van der Waals surface area (Å²) in [6.07, 6.45) is 0.807. The monoisotopic (exact) mass is 329 g/mol. The third-order valence-corrected chi connectivity index (χ3v) is 3.14. The van der Waals surface area contributed by atoms with Gasteiger partial charge in [-0.25, -0.2) is 0 Å². The maximum Gasteiger partial charge on any atom is 0.136 e. The number of hydrogen-bond donors (Lipinski definition) is 1. The van der Waals surface area contributed by atoms with Gasteiger partial charge in [0, 0.05) is 12.6 Å². The molecule has 0 aromatic heterocycles. The van der Waals surface area contributed by atoms with E-state index in [1.54, 1.807) is 0 Å². The third kappa shape index (κ3) is 6.41. The highest BCUT2D eigenvalue weighted by atomic mass is 79.9. The highest BCUT2D eigenvalue weighted by Crippen LogP contribution is 2.29. The van der Waals surface area contributed by atoms with E-state index in [1.165, 1.54) is 0 Å². The van der Waals surface area contributed by atoms with E-state index in [9.17, 15) is 0 Å². The molecule has 0 heterocycles. The van der Waals surface area contributed by atoms with Gasteiger partial charge in [0.15, 0.2) is 0 Å². The lowest BCUT2D eigenvalue weighted by atomic mass is 10.1. The summed E-state index contributed by atoms with van der Waals surface area (Å²) in [6.45, 7) is 8.20. The van der Waals surface area contributed by atoms with Crippen molar-refractivity contribution in [3.8, 4) is 5.75 Å². The van der Waals surface area contributed by atoms with Gasteiger partial charge in [0.05, 0.1) is 11.1 Å². The van der Waals surface area contributed by atoms with Gasteiger partial charge in [0.1, 0.15) is 12.4 Å². The molecule has 1 atom stereocenters. The van der Waals surface area contributed by atoms with Crippen LogP contribution in [0.5, 0.6) is 5.75 Å². The van der Waals surface area contributed by atoms with Crippen molar-refractivity contribution in [1.29, 1.82) is 0 Å². The van der Waals surface area contributed by atoms with Crippen molar-refractivity contribution in [2.24, 2.45) is 11.7 Å². The first kappa shape index (κ1) is 16.5. The summed E-state index contributed by atoms with van der Waals surface area (Å²) in [6, 6.07) is 6.16. The Morgan fingerprint density at radius 2 is 1.95 bits per heavy atom. The molecule has 1 unspecified atom stereocenters. The summed E-state index contributed by atoms with van der Waals surface area (Å²) in [7, 11) is 0. The first-order valence-corrected chi connectivity index (χ1v) is 7.53. The highest BCUT2D eigenvalue weighted by molar-refractivity contribution is 9.10. The summed E-state index contributed by atoms with van der Waals surface area (Å²) in [5.41, 5.74) is 6.99. The molecule has 2 N–H and O–H groups in total. The van der Waals surface area contributed by atoms with E-state index in [1.807, 2.05) is 19.1 Å². The molecule has 3 nitrogen and oxygen atoms in total. The normalized spacial score (nSPS) is 12.7. The fourth-order valence-electron chi connectivity index (χ4n) is 1.74. The molecule has 1 aromatic rings. The molecule has 0 aliphatic rings. The van der Waals surface area contributed by atoms with E-state index in [-0.39, 0.29) is 6.04 Å². The molecule has 1 rings (SSSR count). The number of nitrogens with two attached hydrogens (primary N) is 1. The lowest BCUT2D eigenvalue weighted by molar-refractivity contribution is 0.0814. The van der Waals surface area contributed by atoms with Crippen LogP contribution in [0.1, 0.15) is 26.3 Å². The number of benzene rings is 1. The highest BCUT2D eigenvalue weighted by Gasteiger charge is 2.09. The van der Waals surface area contributed by atoms with Crippen LogP contribution < -0.4 is 10.5 Å². The SMILES string of the molecule is CC(C)COCCOc1c(Br)cccc1CC(C)N. The van der Waals surface area contributed by atoms with E-state index >= 15 is 0 Å². The van der Waals surface area contributed by atoms with Crippen LogP contribution in [0.4, 0.5) is 0 Å². The van der Waals surface area contributed by atoms with Gasteiger partial charge in [0.25, 0.3) is 0 Å². The molecule has 0 spiro atoms. The lowest BCUT2D eigenvalue weighted by Gasteiger charge is -2.15. The van der Waals surface area contributed by atoms with Crippen molar-refractivity contribution in [2.45, 2.75) is 33.2 Å². The van der Waals surface area contributed by atoms with Crippen LogP contribution in [-0.2, 0) is 11.2 Å². The number of hydrogen-bond acceptors (Lipinski definition) is 3. The van der Waals surface area contributed by atoms with Crippen molar-refractivity contribution < 1.29 is 9.47 Å². The van der Waals surface area contributed by atoms with Crippen molar-refractivity contribution in [3.63, 3.8) is 0 Å². The minimum atomic E-state index is 0.119. The van der Waals surface area contributed by atoms with E-state index in [4.69, 9.17) is 15.2 Å². The van der Waals surface area contributed by atoms with Crippen molar-refractivity contribution in [3.05, 3.63) is 28.2 Å². The Bertz CT molecular complexity index is 380. The fourth-order valence-corrected chi connectivity index (χ4v) is 2.27. The number of para-hydroxylation sites is 1. The average molecular weight is 330 g/mol. The number of ether oxygens (including phenoxy) is 2. The van der Waals surface area contributed by atoms with Crippen LogP contribution in [0.15, 0.2) is 22.7 Å². The summed E-state index contributed by atoms with van der Waals surface area (Å²) >= 11 is 3.52. The second-order valence-corrected chi connectivity index (χ2v) is 6.08. The van der Waals surface area contributed by atoms with Gasteiger partial charge in [-0.05, 0) is 46.8 Å². The largest absolute Gasteiger partial charge is 0.490 e. The van der Waals surface area contributed by atoms with Crippen molar-refractivity contribution in [1.82, 2.24) is 0 Å². The number of halogens is 1. The van der Waals surface area contributed by atoms with Crippen molar-refractivity contribution in [2.75, 3.05) is 19.8 Å². The molecule has 0 bridgehead atoms. The molecule has 0 aliphatic carbocycles. The Morgan fingerprint density at radius 1 is 1.21 bits per heavy atom. The van der Waals surface area contributed by atoms with Crippen LogP contribution in [0.3, 0.4) is 0 Å². The van der Waals surface area contributed by atoms with Gasteiger partial charge in [0.2, 0.25) is 0 Å². The molecule has 19 heavy (non-hydrogen) atoms. The predicted octanol–water partition coefficient (Wildman–Crippen LogP) is 3.39. The fraction of sp³-hybridized carbons (Fsp3) is 0.600. The first-order valence-electron chi connectivity index (χ1n) is 6.74. The quantitative estimate of drug-likeness (QED) is 0.743. The average Bonchev–Trinajstić information content (AvgIpc) is 2.30. The Kier molecular flexibility index (Phi) is 7.42. The maximum atomic E-state index is 5.86. The zero-order chi connectivity index (χ0) is 14.3. The molecule has 0 radical (unpaired) electrons. The first-order chi connectivity index (χ1) is 9.00.